The smallest absolute Gasteiger partial charge is 0.142 e. The average molecular weight is 296 g/mol. The third kappa shape index (κ3) is 3.61. The highest BCUT2D eigenvalue weighted by Crippen LogP contribution is 2.28. The van der Waals surface area contributed by atoms with Gasteiger partial charge in [0.05, 0.1) is 16.8 Å². The van der Waals surface area contributed by atoms with Crippen molar-refractivity contribution in [1.29, 1.82) is 0 Å². The first-order valence-corrected chi connectivity index (χ1v) is 8.31. The van der Waals surface area contributed by atoms with Crippen molar-refractivity contribution in [2.45, 2.75) is 46.1 Å². The van der Waals surface area contributed by atoms with E-state index in [9.17, 15) is 5.11 Å². The molecule has 0 radical (unpaired) electrons. The zero-order valence-electron chi connectivity index (χ0n) is 11.8. The summed E-state index contributed by atoms with van der Waals surface area (Å²) in [5.74, 6) is 0.720. The van der Waals surface area contributed by atoms with Gasteiger partial charge >= 0.3 is 0 Å². The molecule has 1 N–H and O–H groups in total. The second kappa shape index (κ2) is 6.11. The maximum atomic E-state index is 9.89. The maximum Gasteiger partial charge on any atom is 0.142 e. The van der Waals surface area contributed by atoms with Crippen LogP contribution in [0.5, 0.6) is 0 Å². The molecule has 0 aromatic carbocycles. The number of aliphatic hydroxyl groups excluding tert-OH is 1. The van der Waals surface area contributed by atoms with Crippen molar-refractivity contribution in [2.24, 2.45) is 5.92 Å². The lowest BCUT2D eigenvalue weighted by Crippen LogP contribution is -2.17. The molecule has 2 rings (SSSR count). The summed E-state index contributed by atoms with van der Waals surface area (Å²) in [4.78, 5) is 9.19. The van der Waals surface area contributed by atoms with Gasteiger partial charge in [0.1, 0.15) is 10.7 Å². The van der Waals surface area contributed by atoms with Crippen molar-refractivity contribution in [1.82, 2.24) is 9.97 Å². The first-order chi connectivity index (χ1) is 8.97. The topological polar surface area (TPSA) is 46.0 Å². The zero-order chi connectivity index (χ0) is 14.0. The molecule has 0 amide bonds. The van der Waals surface area contributed by atoms with E-state index >= 15 is 0 Å². The van der Waals surface area contributed by atoms with Crippen LogP contribution < -0.4 is 0 Å². The minimum absolute atomic E-state index is 0.261. The SMILES string of the molecule is CC(C)c1nc(-c2nc(CC(O)C(C)C)cs2)cs1. The molecule has 1 unspecified atom stereocenters. The fourth-order valence-corrected chi connectivity index (χ4v) is 3.31. The molecular formula is C14H20N2OS2. The molecule has 3 nitrogen and oxygen atoms in total. The van der Waals surface area contributed by atoms with Gasteiger partial charge in [0, 0.05) is 23.1 Å². The summed E-state index contributed by atoms with van der Waals surface area (Å²) < 4.78 is 0. The molecule has 0 saturated carbocycles. The largest absolute Gasteiger partial charge is 0.392 e. The Labute approximate surface area is 122 Å². The van der Waals surface area contributed by atoms with E-state index in [2.05, 4.69) is 29.2 Å². The van der Waals surface area contributed by atoms with Gasteiger partial charge in [-0.25, -0.2) is 9.97 Å². The number of nitrogens with zero attached hydrogens (tertiary/aromatic N) is 2. The number of hydrogen-bond acceptors (Lipinski definition) is 5. The molecule has 2 aromatic rings. The van der Waals surface area contributed by atoms with Gasteiger partial charge in [-0.05, 0) is 5.92 Å². The Balaban J connectivity index is 2.11. The van der Waals surface area contributed by atoms with Gasteiger partial charge in [-0.3, -0.25) is 0 Å². The predicted octanol–water partition coefficient (Wildman–Crippen LogP) is 3.95. The maximum absolute atomic E-state index is 9.89. The Kier molecular flexibility index (Phi) is 4.71. The Morgan fingerprint density at radius 2 is 1.84 bits per heavy atom. The highest BCUT2D eigenvalue weighted by molar-refractivity contribution is 7.14. The van der Waals surface area contributed by atoms with Crippen LogP contribution in [0, 0.1) is 5.92 Å². The summed E-state index contributed by atoms with van der Waals surface area (Å²) in [6.45, 7) is 8.34. The third-order valence-corrected chi connectivity index (χ3v) is 5.03. The van der Waals surface area contributed by atoms with Gasteiger partial charge in [-0.1, -0.05) is 27.7 Å². The van der Waals surface area contributed by atoms with Crippen LogP contribution in [0.1, 0.15) is 44.3 Å². The van der Waals surface area contributed by atoms with E-state index in [0.29, 0.717) is 12.3 Å². The van der Waals surface area contributed by atoms with E-state index in [1.165, 1.54) is 0 Å². The zero-order valence-corrected chi connectivity index (χ0v) is 13.4. The van der Waals surface area contributed by atoms with E-state index in [4.69, 9.17) is 0 Å². The Morgan fingerprint density at radius 3 is 2.42 bits per heavy atom. The number of rotatable bonds is 5. The summed E-state index contributed by atoms with van der Waals surface area (Å²) in [6, 6.07) is 0. The second-order valence-corrected chi connectivity index (χ2v) is 7.13. The van der Waals surface area contributed by atoms with Crippen LogP contribution in [0.4, 0.5) is 0 Å². The van der Waals surface area contributed by atoms with E-state index in [1.54, 1.807) is 22.7 Å². The molecule has 0 aliphatic carbocycles. The molecule has 1 atom stereocenters. The number of aliphatic hydroxyl groups is 1. The Bertz CT molecular complexity index is 531. The van der Waals surface area contributed by atoms with Crippen molar-refractivity contribution in [2.75, 3.05) is 0 Å². The van der Waals surface area contributed by atoms with Crippen LogP contribution in [0.3, 0.4) is 0 Å². The van der Waals surface area contributed by atoms with Crippen LogP contribution in [0.15, 0.2) is 10.8 Å². The van der Waals surface area contributed by atoms with Crippen LogP contribution >= 0.6 is 22.7 Å². The van der Waals surface area contributed by atoms with E-state index in [0.717, 1.165) is 21.4 Å². The van der Waals surface area contributed by atoms with Gasteiger partial charge in [-0.15, -0.1) is 22.7 Å². The fourth-order valence-electron chi connectivity index (χ4n) is 1.62. The van der Waals surface area contributed by atoms with E-state index in [-0.39, 0.29) is 12.0 Å². The van der Waals surface area contributed by atoms with Crippen LogP contribution in [0.25, 0.3) is 10.7 Å². The van der Waals surface area contributed by atoms with Crippen LogP contribution in [0.2, 0.25) is 0 Å². The van der Waals surface area contributed by atoms with E-state index in [1.807, 2.05) is 19.2 Å². The van der Waals surface area contributed by atoms with Crippen molar-refractivity contribution in [3.8, 4) is 10.7 Å². The number of thiazole rings is 2. The monoisotopic (exact) mass is 296 g/mol. The van der Waals surface area contributed by atoms with Gasteiger partial charge < -0.3 is 5.11 Å². The van der Waals surface area contributed by atoms with E-state index < -0.39 is 0 Å². The Morgan fingerprint density at radius 1 is 1.11 bits per heavy atom. The summed E-state index contributed by atoms with van der Waals surface area (Å²) in [6.07, 6.45) is 0.298. The first kappa shape index (κ1) is 14.6. The van der Waals surface area contributed by atoms with Gasteiger partial charge in [0.25, 0.3) is 0 Å². The lowest BCUT2D eigenvalue weighted by Gasteiger charge is -2.11. The molecule has 0 aliphatic rings. The minimum Gasteiger partial charge on any atom is -0.392 e. The fraction of sp³-hybridized carbons (Fsp3) is 0.571. The second-order valence-electron chi connectivity index (χ2n) is 5.39. The van der Waals surface area contributed by atoms with Crippen molar-refractivity contribution in [3.63, 3.8) is 0 Å². The lowest BCUT2D eigenvalue weighted by molar-refractivity contribution is 0.125. The molecule has 2 aromatic heterocycles. The standard InChI is InChI=1S/C14H20N2OS2/c1-8(2)12(17)5-10-6-18-14(15-10)11-7-19-13(16-11)9(3)4/h6-9,12,17H,5H2,1-4H3. The molecule has 0 spiro atoms. The predicted molar refractivity (Wildman–Crippen MR) is 81.9 cm³/mol. The molecule has 19 heavy (non-hydrogen) atoms. The van der Waals surface area contributed by atoms with Gasteiger partial charge in [0.2, 0.25) is 0 Å². The molecule has 0 saturated heterocycles. The molecule has 0 bridgehead atoms. The minimum atomic E-state index is -0.323. The number of aromatic nitrogens is 2. The summed E-state index contributed by atoms with van der Waals surface area (Å²) >= 11 is 3.29. The van der Waals surface area contributed by atoms with Gasteiger partial charge in [0.15, 0.2) is 0 Å². The van der Waals surface area contributed by atoms with Gasteiger partial charge in [-0.2, -0.15) is 0 Å². The van der Waals surface area contributed by atoms with Crippen LogP contribution in [-0.2, 0) is 6.42 Å². The quantitative estimate of drug-likeness (QED) is 0.908. The molecule has 0 aliphatic heterocycles. The normalized spacial score (nSPS) is 13.4. The molecule has 5 heteroatoms. The average Bonchev–Trinajstić information content (AvgIpc) is 2.95. The van der Waals surface area contributed by atoms with Crippen molar-refractivity contribution in [3.05, 3.63) is 21.5 Å². The molecule has 2 heterocycles. The Hall–Kier alpha value is -0.780. The molecule has 104 valence electrons. The molecule has 0 fully saturated rings. The molecular weight excluding hydrogens is 276 g/mol. The summed E-state index contributed by atoms with van der Waals surface area (Å²) in [5.41, 5.74) is 1.92. The van der Waals surface area contributed by atoms with Crippen molar-refractivity contribution >= 4 is 22.7 Å². The van der Waals surface area contributed by atoms with Crippen LogP contribution in [-0.4, -0.2) is 21.2 Å². The summed E-state index contributed by atoms with van der Waals surface area (Å²) in [5, 5.41) is 16.1. The first-order valence-electron chi connectivity index (χ1n) is 6.55. The highest BCUT2D eigenvalue weighted by Gasteiger charge is 2.14. The van der Waals surface area contributed by atoms with Crippen molar-refractivity contribution < 1.29 is 5.11 Å². The third-order valence-electron chi connectivity index (χ3n) is 2.97. The highest BCUT2D eigenvalue weighted by atomic mass is 32.1. The number of hydrogen-bond donors (Lipinski definition) is 1. The lowest BCUT2D eigenvalue weighted by atomic mass is 10.0. The summed E-state index contributed by atoms with van der Waals surface area (Å²) in [7, 11) is 0.